The fourth-order valence-electron chi connectivity index (χ4n) is 5.35. The predicted molar refractivity (Wildman–Crippen MR) is 128 cm³/mol. The number of hydrogen-bond donors (Lipinski definition) is 1. The van der Waals surface area contributed by atoms with Gasteiger partial charge in [0.25, 0.3) is 0 Å². The Bertz CT molecular complexity index is 777. The van der Waals surface area contributed by atoms with E-state index in [0.717, 1.165) is 0 Å². The Labute approximate surface area is 202 Å². The molecule has 3 unspecified atom stereocenters. The van der Waals surface area contributed by atoms with E-state index in [-0.39, 0.29) is 53.7 Å². The van der Waals surface area contributed by atoms with Crippen LogP contribution in [0.1, 0.15) is 33.1 Å². The van der Waals surface area contributed by atoms with Crippen molar-refractivity contribution in [1.29, 1.82) is 0 Å². The fourth-order valence-corrected chi connectivity index (χ4v) is 8.95. The molecule has 0 radical (unpaired) electrons. The van der Waals surface area contributed by atoms with Crippen LogP contribution in [0.25, 0.3) is 0 Å². The third-order valence-electron chi connectivity index (χ3n) is 6.65. The van der Waals surface area contributed by atoms with E-state index in [1.54, 1.807) is 33.7 Å². The molecule has 3 aliphatic heterocycles. The highest BCUT2D eigenvalue weighted by Gasteiger charge is 2.76. The van der Waals surface area contributed by atoms with Gasteiger partial charge in [0.2, 0.25) is 11.8 Å². The average Bonchev–Trinajstić information content (AvgIpc) is 3.33. The molecule has 3 fully saturated rings. The van der Waals surface area contributed by atoms with Crippen molar-refractivity contribution >= 4 is 45.5 Å². The minimum atomic E-state index is -0.696. The number of thioether (sulfide) groups is 1. The van der Waals surface area contributed by atoms with Crippen LogP contribution in [0.15, 0.2) is 25.3 Å². The number of halogens is 1. The van der Waals surface area contributed by atoms with Crippen LogP contribution in [-0.2, 0) is 19.1 Å². The van der Waals surface area contributed by atoms with Crippen molar-refractivity contribution in [3.05, 3.63) is 25.3 Å². The Hall–Kier alpha value is -1.32. The molecule has 2 amide bonds. The van der Waals surface area contributed by atoms with Gasteiger partial charge in [-0.1, -0.05) is 28.1 Å². The van der Waals surface area contributed by atoms with Crippen LogP contribution in [0.3, 0.4) is 0 Å². The number of aliphatic hydroxyl groups is 1. The van der Waals surface area contributed by atoms with Crippen LogP contribution in [0.4, 0.5) is 0 Å². The number of ether oxygens (including phenoxy) is 1. The summed E-state index contributed by atoms with van der Waals surface area (Å²) in [6, 6.07) is -0.747. The normalized spacial score (nSPS) is 32.8. The number of fused-ring (bicyclic) bond motifs is 1. The fraction of sp³-hybridized carbons (Fsp3) is 0.696. The van der Waals surface area contributed by atoms with Crippen LogP contribution in [0, 0.1) is 11.8 Å². The van der Waals surface area contributed by atoms with Crippen molar-refractivity contribution in [1.82, 2.24) is 9.80 Å². The van der Waals surface area contributed by atoms with Crippen LogP contribution in [0.5, 0.6) is 0 Å². The van der Waals surface area contributed by atoms with E-state index in [4.69, 9.17) is 4.74 Å². The molecule has 178 valence electrons. The molecule has 1 spiro atoms. The molecule has 3 heterocycles. The molecular formula is C23H33BrN2O5S. The minimum Gasteiger partial charge on any atom is -0.465 e. The lowest BCUT2D eigenvalue weighted by Gasteiger charge is -2.39. The molecule has 2 bridgehead atoms. The third-order valence-corrected chi connectivity index (χ3v) is 9.87. The lowest BCUT2D eigenvalue weighted by Crippen LogP contribution is -2.56. The smallest absolute Gasteiger partial charge is 0.310 e. The number of esters is 1. The van der Waals surface area contributed by atoms with E-state index in [2.05, 4.69) is 29.1 Å². The number of alkyl halides is 1. The largest absolute Gasteiger partial charge is 0.465 e. The molecule has 9 heteroatoms. The minimum absolute atomic E-state index is 0.00787. The predicted octanol–water partition coefficient (Wildman–Crippen LogP) is 2.38. The first-order valence-electron chi connectivity index (χ1n) is 11.2. The quantitative estimate of drug-likeness (QED) is 0.192. The molecule has 1 N–H and O–H groups in total. The van der Waals surface area contributed by atoms with Crippen molar-refractivity contribution < 1.29 is 24.2 Å². The highest BCUT2D eigenvalue weighted by molar-refractivity contribution is 9.09. The number of nitrogens with zero attached hydrogens (tertiary/aromatic N) is 2. The molecule has 0 aromatic heterocycles. The number of aliphatic hydroxyl groups excluding tert-OH is 1. The van der Waals surface area contributed by atoms with Crippen molar-refractivity contribution in [3.63, 3.8) is 0 Å². The topological polar surface area (TPSA) is 87.1 Å². The second-order valence-corrected chi connectivity index (χ2v) is 11.6. The summed E-state index contributed by atoms with van der Waals surface area (Å²) < 4.78 is 4.80. The molecule has 6 atom stereocenters. The van der Waals surface area contributed by atoms with Crippen molar-refractivity contribution in [2.24, 2.45) is 11.8 Å². The van der Waals surface area contributed by atoms with Gasteiger partial charge in [0.1, 0.15) is 6.04 Å². The summed E-state index contributed by atoms with van der Waals surface area (Å²) in [4.78, 5) is 44.0. The first-order chi connectivity index (χ1) is 15.2. The highest BCUT2D eigenvalue weighted by atomic mass is 79.9. The highest BCUT2D eigenvalue weighted by Crippen LogP contribution is 2.68. The Morgan fingerprint density at radius 2 is 2.12 bits per heavy atom. The molecule has 3 rings (SSSR count). The molecule has 0 saturated carbocycles. The van der Waals surface area contributed by atoms with E-state index in [0.29, 0.717) is 25.8 Å². The number of likely N-dealkylation sites (tertiary alicyclic amines) is 1. The maximum atomic E-state index is 13.9. The molecule has 0 aromatic carbocycles. The summed E-state index contributed by atoms with van der Waals surface area (Å²) in [6.45, 7) is 12.1. The van der Waals surface area contributed by atoms with Crippen molar-refractivity contribution in [3.8, 4) is 0 Å². The molecule has 7 nitrogen and oxygen atoms in total. The number of rotatable bonds is 11. The Morgan fingerprint density at radius 1 is 1.41 bits per heavy atom. The number of carbonyl (C=O) groups excluding carboxylic acids is 3. The third kappa shape index (κ3) is 4.16. The SMILES string of the molecule is C=CCCOC(=O)[C@H]1[C@H]2C(=O)N(CCCO)C(C(=O)N(CC=C)C(C)C)C23CC(Br)[C@@H]1S3. The maximum absolute atomic E-state index is 13.9. The molecule has 0 aromatic rings. The zero-order valence-corrected chi connectivity index (χ0v) is 21.1. The zero-order valence-electron chi connectivity index (χ0n) is 18.7. The maximum Gasteiger partial charge on any atom is 0.310 e. The first-order valence-corrected chi connectivity index (χ1v) is 13.0. The monoisotopic (exact) mass is 528 g/mol. The average molecular weight is 529 g/mol. The van der Waals surface area contributed by atoms with E-state index in [9.17, 15) is 19.5 Å². The molecule has 3 saturated heterocycles. The number of hydrogen-bond acceptors (Lipinski definition) is 6. The zero-order chi connectivity index (χ0) is 23.6. The van der Waals surface area contributed by atoms with Gasteiger partial charge in [0.15, 0.2) is 0 Å². The van der Waals surface area contributed by atoms with Crippen LogP contribution in [0.2, 0.25) is 0 Å². The first kappa shape index (κ1) is 25.3. The Kier molecular flexibility index (Phi) is 8.15. The second kappa shape index (κ2) is 10.3. The lowest BCUT2D eigenvalue weighted by atomic mass is 9.71. The Morgan fingerprint density at radius 3 is 2.72 bits per heavy atom. The molecule has 32 heavy (non-hydrogen) atoms. The summed E-state index contributed by atoms with van der Waals surface area (Å²) in [6.07, 6.45) is 4.92. The van der Waals surface area contributed by atoms with E-state index < -0.39 is 22.6 Å². The van der Waals surface area contributed by atoms with E-state index >= 15 is 0 Å². The number of carbonyl (C=O) groups is 3. The lowest BCUT2D eigenvalue weighted by molar-refractivity contribution is -0.154. The summed E-state index contributed by atoms with van der Waals surface area (Å²) in [5.74, 6) is -1.89. The van der Waals surface area contributed by atoms with Crippen LogP contribution < -0.4 is 0 Å². The van der Waals surface area contributed by atoms with Gasteiger partial charge in [0.05, 0.1) is 23.2 Å². The molecular weight excluding hydrogens is 496 g/mol. The van der Waals surface area contributed by atoms with Gasteiger partial charge in [-0.15, -0.1) is 24.9 Å². The van der Waals surface area contributed by atoms with Crippen LogP contribution in [-0.4, -0.2) is 85.9 Å². The summed E-state index contributed by atoms with van der Waals surface area (Å²) in [5, 5.41) is 9.29. The number of amides is 2. The van der Waals surface area contributed by atoms with Crippen LogP contribution >= 0.6 is 27.7 Å². The van der Waals surface area contributed by atoms with Gasteiger partial charge in [-0.2, -0.15) is 0 Å². The second-order valence-electron chi connectivity index (χ2n) is 8.89. The molecule has 0 aliphatic carbocycles. The Balaban J connectivity index is 2.00. The van der Waals surface area contributed by atoms with Gasteiger partial charge in [-0.05, 0) is 33.1 Å². The van der Waals surface area contributed by atoms with Crippen molar-refractivity contribution in [2.75, 3.05) is 26.3 Å². The molecule has 3 aliphatic rings. The van der Waals surface area contributed by atoms with Gasteiger partial charge in [-0.25, -0.2) is 0 Å². The van der Waals surface area contributed by atoms with Gasteiger partial charge >= 0.3 is 5.97 Å². The van der Waals surface area contributed by atoms with Crippen molar-refractivity contribution in [2.45, 2.75) is 60.0 Å². The summed E-state index contributed by atoms with van der Waals surface area (Å²) in [7, 11) is 0. The van der Waals surface area contributed by atoms with E-state index in [1.165, 1.54) is 0 Å². The van der Waals surface area contributed by atoms with E-state index in [1.807, 2.05) is 13.8 Å². The summed E-state index contributed by atoms with van der Waals surface area (Å²) >= 11 is 5.32. The standard InChI is InChI=1S/C23H33BrN2O5S/c1-5-7-12-31-22(30)16-17-20(28)26(10-8-11-27)19(21(29)25(9-6-2)14(3)4)23(17)13-15(24)18(16)32-23/h5-6,14-19,27H,1-2,7-13H2,3-4H3/t15?,16-,17-,18-,19?,23?/m0/s1. The van der Waals surface area contributed by atoms with Gasteiger partial charge in [0, 0.05) is 35.8 Å². The van der Waals surface area contributed by atoms with Gasteiger partial charge in [-0.3, -0.25) is 14.4 Å². The van der Waals surface area contributed by atoms with Gasteiger partial charge < -0.3 is 19.6 Å². The summed E-state index contributed by atoms with van der Waals surface area (Å²) in [5.41, 5.74) is 0.